The Morgan fingerprint density at radius 1 is 0.953 bits per heavy atom. The number of para-hydroxylation sites is 1. The second-order valence-corrected chi connectivity index (χ2v) is 10.5. The van der Waals surface area contributed by atoms with Crippen LogP contribution in [0.1, 0.15) is 48.2 Å². The number of methoxy groups -OCH3 is 1. The number of esters is 2. The number of nitrogens with zero attached hydrogens (tertiary/aromatic N) is 4. The van der Waals surface area contributed by atoms with Crippen molar-refractivity contribution in [3.05, 3.63) is 77.2 Å². The third-order valence-corrected chi connectivity index (χ3v) is 8.12. The predicted octanol–water partition coefficient (Wildman–Crippen LogP) is 2.92. The lowest BCUT2D eigenvalue weighted by Gasteiger charge is -2.36. The van der Waals surface area contributed by atoms with Gasteiger partial charge in [0.1, 0.15) is 23.9 Å². The maximum Gasteiger partial charge on any atom is 0.327 e. The number of carbonyl (C=O) groups excluding carboxylic acids is 4. The fourth-order valence-electron chi connectivity index (χ4n) is 6.43. The van der Waals surface area contributed by atoms with E-state index >= 15 is 0 Å². The average Bonchev–Trinajstić information content (AvgIpc) is 3.68. The number of fused-ring (bicyclic) bond motifs is 4. The zero-order valence-electron chi connectivity index (χ0n) is 24.0. The van der Waals surface area contributed by atoms with Crippen LogP contribution < -0.4 is 4.74 Å². The third kappa shape index (κ3) is 4.82. The van der Waals surface area contributed by atoms with Crippen LogP contribution in [0.3, 0.4) is 0 Å². The van der Waals surface area contributed by atoms with Crippen molar-refractivity contribution in [2.75, 3.05) is 20.3 Å². The Kier molecular flexibility index (Phi) is 7.43. The molecular weight excluding hydrogens is 554 g/mol. The number of nitrogens with one attached hydrogen (secondary N) is 1. The smallest absolute Gasteiger partial charge is 0.327 e. The maximum atomic E-state index is 14.3. The van der Waals surface area contributed by atoms with Gasteiger partial charge in [0.05, 0.1) is 44.9 Å². The normalized spacial score (nSPS) is 21.0. The van der Waals surface area contributed by atoms with Crippen molar-refractivity contribution in [3.8, 4) is 5.75 Å². The van der Waals surface area contributed by atoms with Gasteiger partial charge in [0.15, 0.2) is 0 Å². The van der Waals surface area contributed by atoms with Gasteiger partial charge in [-0.1, -0.05) is 35.5 Å². The summed E-state index contributed by atoms with van der Waals surface area (Å²) < 4.78 is 17.1. The summed E-state index contributed by atoms with van der Waals surface area (Å²) >= 11 is 0. The number of amides is 2. The van der Waals surface area contributed by atoms with Crippen molar-refractivity contribution in [1.29, 1.82) is 0 Å². The Labute approximate surface area is 246 Å². The lowest BCUT2D eigenvalue weighted by Crippen LogP contribution is -2.39. The molecule has 0 bridgehead atoms. The molecule has 0 saturated carbocycles. The average molecular weight is 586 g/mol. The van der Waals surface area contributed by atoms with E-state index < -0.39 is 47.4 Å². The summed E-state index contributed by atoms with van der Waals surface area (Å²) in [5.41, 5.74) is 3.30. The molecule has 1 saturated heterocycles. The number of aromatic amines is 1. The van der Waals surface area contributed by atoms with Gasteiger partial charge in [0.25, 0.3) is 0 Å². The molecule has 2 aromatic carbocycles. The molecule has 0 spiro atoms. The number of hydrogen-bond donors (Lipinski definition) is 1. The van der Waals surface area contributed by atoms with Gasteiger partial charge >= 0.3 is 11.9 Å². The largest absolute Gasteiger partial charge is 0.497 e. The van der Waals surface area contributed by atoms with E-state index in [4.69, 9.17) is 14.2 Å². The quantitative estimate of drug-likeness (QED) is 0.231. The van der Waals surface area contributed by atoms with Gasteiger partial charge in [0, 0.05) is 22.5 Å². The van der Waals surface area contributed by atoms with E-state index in [2.05, 4.69) is 15.3 Å². The van der Waals surface area contributed by atoms with Crippen molar-refractivity contribution in [1.82, 2.24) is 24.9 Å². The highest BCUT2D eigenvalue weighted by Crippen LogP contribution is 2.55. The van der Waals surface area contributed by atoms with Crippen molar-refractivity contribution < 1.29 is 33.4 Å². The fraction of sp³-hybridized carbons (Fsp3) is 0.355. The first-order valence-corrected chi connectivity index (χ1v) is 14.2. The van der Waals surface area contributed by atoms with Gasteiger partial charge in [0.2, 0.25) is 11.8 Å². The van der Waals surface area contributed by atoms with E-state index in [9.17, 15) is 19.2 Å². The standard InChI is InChI=1S/C31H31N5O7/c1-4-42-22(37)16-35-14-18(33-34-35)15-36-29(38)25-23(17-10-12-19(41-3)13-11-17)24-20-8-6-7-9-21(20)32-28(24)27(26(25)30(36)39)31(40)43-5-2/h6-14,23,25-27,32H,4-5,15-16H2,1-3H3/t23-,25-,26-,27+/m0/s1. The van der Waals surface area contributed by atoms with Crippen LogP contribution in [0.2, 0.25) is 0 Å². The first-order valence-electron chi connectivity index (χ1n) is 14.2. The number of aromatic nitrogens is 4. The summed E-state index contributed by atoms with van der Waals surface area (Å²) in [4.78, 5) is 58.5. The number of hydrogen-bond acceptors (Lipinski definition) is 9. The zero-order valence-corrected chi connectivity index (χ0v) is 24.0. The van der Waals surface area contributed by atoms with E-state index in [1.165, 1.54) is 10.9 Å². The molecule has 4 aromatic rings. The van der Waals surface area contributed by atoms with Crippen LogP contribution in [-0.4, -0.2) is 69.0 Å². The fourth-order valence-corrected chi connectivity index (χ4v) is 6.43. The van der Waals surface area contributed by atoms with Gasteiger partial charge in [-0.15, -0.1) is 5.10 Å². The minimum Gasteiger partial charge on any atom is -0.497 e. The lowest BCUT2D eigenvalue weighted by atomic mass is 9.64. The topological polar surface area (TPSA) is 146 Å². The highest BCUT2D eigenvalue weighted by Gasteiger charge is 2.61. The second-order valence-electron chi connectivity index (χ2n) is 10.5. The number of imide groups is 1. The Balaban J connectivity index is 1.45. The zero-order chi connectivity index (χ0) is 30.2. The van der Waals surface area contributed by atoms with Crippen LogP contribution in [0.15, 0.2) is 54.7 Å². The van der Waals surface area contributed by atoms with E-state index in [1.807, 2.05) is 48.5 Å². The Hall–Kier alpha value is -5.00. The van der Waals surface area contributed by atoms with Gasteiger partial charge < -0.3 is 19.2 Å². The first kappa shape index (κ1) is 28.1. The molecule has 0 radical (unpaired) electrons. The van der Waals surface area contributed by atoms with Crippen LogP contribution in [0.4, 0.5) is 0 Å². The van der Waals surface area contributed by atoms with E-state index in [1.54, 1.807) is 21.0 Å². The third-order valence-electron chi connectivity index (χ3n) is 8.12. The predicted molar refractivity (Wildman–Crippen MR) is 152 cm³/mol. The number of benzene rings is 2. The number of H-pyrrole nitrogens is 1. The van der Waals surface area contributed by atoms with Gasteiger partial charge in [-0.3, -0.25) is 24.1 Å². The van der Waals surface area contributed by atoms with Crippen molar-refractivity contribution >= 4 is 34.7 Å². The molecule has 12 heteroatoms. The van der Waals surface area contributed by atoms with Crippen molar-refractivity contribution in [2.45, 2.75) is 38.8 Å². The van der Waals surface area contributed by atoms with Crippen LogP contribution in [0.25, 0.3) is 10.9 Å². The highest BCUT2D eigenvalue weighted by atomic mass is 16.5. The van der Waals surface area contributed by atoms with E-state index in [0.717, 1.165) is 26.9 Å². The molecule has 1 aliphatic heterocycles. The molecular formula is C31H31N5O7. The number of likely N-dealkylation sites (tertiary alicyclic amines) is 1. The summed E-state index contributed by atoms with van der Waals surface area (Å²) in [5, 5.41) is 8.90. The number of ether oxygens (including phenoxy) is 3. The maximum absolute atomic E-state index is 14.3. The highest BCUT2D eigenvalue weighted by molar-refractivity contribution is 6.09. The van der Waals surface area contributed by atoms with Crippen LogP contribution in [0.5, 0.6) is 5.75 Å². The number of carbonyl (C=O) groups is 4. The van der Waals surface area contributed by atoms with Gasteiger partial charge in [-0.2, -0.15) is 0 Å². The molecule has 1 aliphatic carbocycles. The molecule has 12 nitrogen and oxygen atoms in total. The molecule has 2 amide bonds. The van der Waals surface area contributed by atoms with E-state index in [-0.39, 0.29) is 26.3 Å². The minimum atomic E-state index is -1.01. The van der Waals surface area contributed by atoms with Crippen LogP contribution in [-0.2, 0) is 41.7 Å². The molecule has 1 fully saturated rings. The molecule has 0 unspecified atom stereocenters. The lowest BCUT2D eigenvalue weighted by molar-refractivity contribution is -0.150. The second kappa shape index (κ2) is 11.3. The molecule has 2 aromatic heterocycles. The molecule has 6 rings (SSSR count). The number of rotatable bonds is 9. The molecule has 4 atom stereocenters. The Bertz CT molecular complexity index is 1710. The van der Waals surface area contributed by atoms with Gasteiger partial charge in [-0.05, 0) is 43.2 Å². The van der Waals surface area contributed by atoms with E-state index in [0.29, 0.717) is 17.1 Å². The van der Waals surface area contributed by atoms with Crippen molar-refractivity contribution in [2.24, 2.45) is 11.8 Å². The Morgan fingerprint density at radius 2 is 1.67 bits per heavy atom. The molecule has 43 heavy (non-hydrogen) atoms. The summed E-state index contributed by atoms with van der Waals surface area (Å²) in [5.74, 6) is -4.73. The van der Waals surface area contributed by atoms with Crippen LogP contribution >= 0.6 is 0 Å². The van der Waals surface area contributed by atoms with Crippen molar-refractivity contribution in [3.63, 3.8) is 0 Å². The molecule has 3 heterocycles. The Morgan fingerprint density at radius 3 is 2.40 bits per heavy atom. The minimum absolute atomic E-state index is 0.125. The summed E-state index contributed by atoms with van der Waals surface area (Å²) in [6.07, 6.45) is 1.50. The summed E-state index contributed by atoms with van der Waals surface area (Å²) in [6, 6.07) is 15.1. The van der Waals surface area contributed by atoms with Crippen LogP contribution in [0, 0.1) is 11.8 Å². The molecule has 1 N–H and O–H groups in total. The summed E-state index contributed by atoms with van der Waals surface area (Å²) in [6.45, 7) is 3.45. The first-order chi connectivity index (χ1) is 20.9. The monoisotopic (exact) mass is 585 g/mol. The summed E-state index contributed by atoms with van der Waals surface area (Å²) in [7, 11) is 1.58. The molecule has 222 valence electrons. The molecule has 2 aliphatic rings. The van der Waals surface area contributed by atoms with Gasteiger partial charge in [-0.25, -0.2) is 4.68 Å². The SMILES string of the molecule is CCOC(=O)Cn1cc(CN2C(=O)[C@H]3[C@@H](c4ccc(OC)cc4)c4c([nH]c5ccccc45)[C@H](C(=O)OCC)[C@H]3C2=O)nn1.